The minimum absolute atomic E-state index is 0.722. The molecule has 0 heterocycles. The summed E-state index contributed by atoms with van der Waals surface area (Å²) < 4.78 is 0. The smallest absolute Gasteiger partial charge is 0.0405 e. The van der Waals surface area contributed by atoms with Crippen molar-refractivity contribution in [2.75, 3.05) is 5.88 Å². The molecule has 0 unspecified atom stereocenters. The van der Waals surface area contributed by atoms with Crippen LogP contribution in [-0.2, 0) is 0 Å². The Morgan fingerprint density at radius 3 is 1.80 bits per heavy atom. The molecule has 0 spiro atoms. The Balaban J connectivity index is 0.000000236. The van der Waals surface area contributed by atoms with Gasteiger partial charge in [0.1, 0.15) is 0 Å². The van der Waals surface area contributed by atoms with Crippen molar-refractivity contribution in [3.63, 3.8) is 0 Å². The van der Waals surface area contributed by atoms with Gasteiger partial charge < -0.3 is 0 Å². The van der Waals surface area contributed by atoms with E-state index in [9.17, 15) is 0 Å². The van der Waals surface area contributed by atoms with Crippen LogP contribution in [-0.4, -0.2) is 5.88 Å². The monoisotopic (exact) mass is 176 g/mol. The summed E-state index contributed by atoms with van der Waals surface area (Å²) in [6.45, 7) is 1.89. The number of benzene rings is 1. The van der Waals surface area contributed by atoms with Crippen molar-refractivity contribution in [2.24, 2.45) is 0 Å². The second-order valence-electron chi connectivity index (χ2n) is 1.56. The molecule has 56 valence electrons. The number of rotatable bonds is 0. The lowest BCUT2D eigenvalue weighted by atomic mass is 10.4. The molecule has 0 radical (unpaired) electrons. The summed E-state index contributed by atoms with van der Waals surface area (Å²) in [5.41, 5.74) is 0. The van der Waals surface area contributed by atoms with Crippen LogP contribution < -0.4 is 0 Å². The van der Waals surface area contributed by atoms with Gasteiger partial charge in [-0.2, -0.15) is 0 Å². The molecule has 0 fully saturated rings. The van der Waals surface area contributed by atoms with Crippen LogP contribution in [0.25, 0.3) is 0 Å². The van der Waals surface area contributed by atoms with Crippen molar-refractivity contribution in [1.82, 2.24) is 0 Å². The van der Waals surface area contributed by atoms with Crippen LogP contribution in [0.5, 0.6) is 0 Å². The molecular formula is C8H10Cl2. The Labute approximate surface area is 71.8 Å². The maximum Gasteiger partial charge on any atom is 0.0405 e. The predicted molar refractivity (Wildman–Crippen MR) is 47.8 cm³/mol. The molecule has 0 aliphatic heterocycles. The summed E-state index contributed by atoms with van der Waals surface area (Å²) in [6, 6.07) is 9.44. The molecule has 0 atom stereocenters. The molecule has 10 heavy (non-hydrogen) atoms. The molecule has 0 aliphatic carbocycles. The van der Waals surface area contributed by atoms with Crippen LogP contribution in [0.4, 0.5) is 0 Å². The van der Waals surface area contributed by atoms with Crippen molar-refractivity contribution in [2.45, 2.75) is 6.92 Å². The maximum atomic E-state index is 5.54. The molecule has 1 aromatic carbocycles. The lowest BCUT2D eigenvalue weighted by molar-refractivity contribution is 1.51. The summed E-state index contributed by atoms with van der Waals surface area (Å²) in [4.78, 5) is 0. The van der Waals surface area contributed by atoms with Crippen molar-refractivity contribution in [3.05, 3.63) is 35.4 Å². The first-order valence-corrected chi connectivity index (χ1v) is 3.99. The molecule has 0 bridgehead atoms. The van der Waals surface area contributed by atoms with Crippen molar-refractivity contribution >= 4 is 23.2 Å². The Kier molecular flexibility index (Phi) is 6.78. The third-order valence-electron chi connectivity index (χ3n) is 0.733. The van der Waals surface area contributed by atoms with Crippen LogP contribution in [0, 0.1) is 0 Å². The summed E-state index contributed by atoms with van der Waals surface area (Å²) in [6.07, 6.45) is 0. The second-order valence-corrected chi connectivity index (χ2v) is 2.53. The van der Waals surface area contributed by atoms with E-state index in [4.69, 9.17) is 23.2 Å². The number of alkyl halides is 1. The van der Waals surface area contributed by atoms with E-state index in [1.54, 1.807) is 0 Å². The summed E-state index contributed by atoms with van der Waals surface area (Å²) in [7, 11) is 0. The second kappa shape index (κ2) is 6.91. The molecule has 0 aromatic heterocycles. The van der Waals surface area contributed by atoms with E-state index in [0.717, 1.165) is 10.9 Å². The van der Waals surface area contributed by atoms with Gasteiger partial charge in [0, 0.05) is 10.9 Å². The Morgan fingerprint density at radius 1 is 1.20 bits per heavy atom. The molecular weight excluding hydrogens is 167 g/mol. The van der Waals surface area contributed by atoms with Crippen molar-refractivity contribution in [1.29, 1.82) is 0 Å². The minimum atomic E-state index is 0.722. The molecule has 0 saturated carbocycles. The van der Waals surface area contributed by atoms with E-state index in [0.29, 0.717) is 0 Å². The topological polar surface area (TPSA) is 0 Å². The van der Waals surface area contributed by atoms with Gasteiger partial charge in [-0.3, -0.25) is 0 Å². The fourth-order valence-corrected chi connectivity index (χ4v) is 0.560. The third-order valence-corrected chi connectivity index (χ3v) is 0.985. The lowest BCUT2D eigenvalue weighted by Gasteiger charge is -1.80. The average Bonchev–Trinajstić information content (AvgIpc) is 1.91. The van der Waals surface area contributed by atoms with Crippen LogP contribution in [0.1, 0.15) is 6.92 Å². The van der Waals surface area contributed by atoms with Gasteiger partial charge in [0.25, 0.3) is 0 Å². The molecule has 2 heteroatoms. The zero-order valence-electron chi connectivity index (χ0n) is 5.85. The summed E-state index contributed by atoms with van der Waals surface area (Å²) in [5.74, 6) is 0.722. The number of hydrogen-bond acceptors (Lipinski definition) is 0. The third kappa shape index (κ3) is 5.93. The van der Waals surface area contributed by atoms with Crippen LogP contribution in [0.15, 0.2) is 30.3 Å². The molecule has 0 aliphatic rings. The minimum Gasteiger partial charge on any atom is -0.127 e. The van der Waals surface area contributed by atoms with Gasteiger partial charge in [-0.15, -0.1) is 11.6 Å². The molecule has 1 aromatic rings. The molecule has 0 amide bonds. The lowest BCUT2D eigenvalue weighted by Crippen LogP contribution is -1.55. The van der Waals surface area contributed by atoms with Gasteiger partial charge in [0.05, 0.1) is 0 Å². The number of halogens is 2. The Hall–Kier alpha value is -0.200. The van der Waals surface area contributed by atoms with Gasteiger partial charge in [0.15, 0.2) is 0 Å². The van der Waals surface area contributed by atoms with Gasteiger partial charge >= 0.3 is 0 Å². The first kappa shape index (κ1) is 9.80. The van der Waals surface area contributed by atoms with Crippen molar-refractivity contribution < 1.29 is 0 Å². The SMILES string of the molecule is CCCl.Clc1ccccc1. The van der Waals surface area contributed by atoms with Gasteiger partial charge in [-0.1, -0.05) is 36.7 Å². The quantitative estimate of drug-likeness (QED) is 0.531. The van der Waals surface area contributed by atoms with E-state index in [1.165, 1.54) is 0 Å². The molecule has 0 nitrogen and oxygen atoms in total. The Morgan fingerprint density at radius 2 is 1.60 bits per heavy atom. The van der Waals surface area contributed by atoms with E-state index in [-0.39, 0.29) is 0 Å². The van der Waals surface area contributed by atoms with Crippen LogP contribution in [0.3, 0.4) is 0 Å². The van der Waals surface area contributed by atoms with E-state index >= 15 is 0 Å². The van der Waals surface area contributed by atoms with E-state index < -0.39 is 0 Å². The highest BCUT2D eigenvalue weighted by Crippen LogP contribution is 2.03. The predicted octanol–water partition coefficient (Wildman–Crippen LogP) is 3.59. The van der Waals surface area contributed by atoms with Crippen LogP contribution >= 0.6 is 23.2 Å². The highest BCUT2D eigenvalue weighted by molar-refractivity contribution is 6.30. The molecule has 1 rings (SSSR count). The molecule has 0 N–H and O–H groups in total. The fraction of sp³-hybridized carbons (Fsp3) is 0.250. The zero-order chi connectivity index (χ0) is 7.82. The average molecular weight is 177 g/mol. The summed E-state index contributed by atoms with van der Waals surface area (Å²) >= 11 is 10.5. The van der Waals surface area contributed by atoms with E-state index in [1.807, 2.05) is 37.3 Å². The zero-order valence-corrected chi connectivity index (χ0v) is 7.36. The highest BCUT2D eigenvalue weighted by Gasteiger charge is 1.74. The fourth-order valence-electron chi connectivity index (χ4n) is 0.415. The van der Waals surface area contributed by atoms with Gasteiger partial charge in [-0.05, 0) is 12.1 Å². The van der Waals surface area contributed by atoms with Gasteiger partial charge in [-0.25, -0.2) is 0 Å². The maximum absolute atomic E-state index is 5.54. The standard InChI is InChI=1S/C6H5Cl.C2H5Cl/c7-6-4-2-1-3-5-6;1-2-3/h1-5H;2H2,1H3. The normalized spacial score (nSPS) is 7.90. The van der Waals surface area contributed by atoms with Gasteiger partial charge in [0.2, 0.25) is 0 Å². The first-order valence-electron chi connectivity index (χ1n) is 3.07. The molecule has 0 saturated heterocycles. The number of hydrogen-bond donors (Lipinski definition) is 0. The Bertz CT molecular complexity index is 149. The highest BCUT2D eigenvalue weighted by atomic mass is 35.5. The van der Waals surface area contributed by atoms with Crippen molar-refractivity contribution in [3.8, 4) is 0 Å². The summed E-state index contributed by atoms with van der Waals surface area (Å²) in [5, 5.41) is 0.794. The largest absolute Gasteiger partial charge is 0.127 e. The first-order chi connectivity index (χ1) is 4.81. The van der Waals surface area contributed by atoms with Crippen LogP contribution in [0.2, 0.25) is 5.02 Å². The van der Waals surface area contributed by atoms with E-state index in [2.05, 4.69) is 0 Å².